The lowest BCUT2D eigenvalue weighted by atomic mass is 10.4. The molecule has 116 valence electrons. The first-order chi connectivity index (χ1) is 10.7. The first-order valence-corrected chi connectivity index (χ1v) is 7.52. The van der Waals surface area contributed by atoms with Crippen molar-refractivity contribution in [2.24, 2.45) is 5.10 Å². The molecule has 3 heterocycles. The summed E-state index contributed by atoms with van der Waals surface area (Å²) in [6.45, 7) is 2.90. The average Bonchev–Trinajstić information content (AvgIpc) is 3.18. The smallest absolute Gasteiger partial charge is 0.307 e. The van der Waals surface area contributed by atoms with Crippen molar-refractivity contribution in [1.82, 2.24) is 5.43 Å². The summed E-state index contributed by atoms with van der Waals surface area (Å²) in [5.41, 5.74) is 2.37. The van der Waals surface area contributed by atoms with Gasteiger partial charge in [-0.1, -0.05) is 0 Å². The van der Waals surface area contributed by atoms with Crippen molar-refractivity contribution in [3.8, 4) is 0 Å². The number of anilines is 1. The van der Waals surface area contributed by atoms with Gasteiger partial charge < -0.3 is 18.5 Å². The van der Waals surface area contributed by atoms with E-state index in [1.165, 1.54) is 12.5 Å². The van der Waals surface area contributed by atoms with Crippen molar-refractivity contribution in [2.75, 3.05) is 31.2 Å². The average molecular weight is 368 g/mol. The summed E-state index contributed by atoms with van der Waals surface area (Å²) in [4.78, 5) is 13.7. The van der Waals surface area contributed by atoms with Gasteiger partial charge in [0.2, 0.25) is 5.88 Å². The third kappa shape index (κ3) is 3.40. The number of furan rings is 2. The van der Waals surface area contributed by atoms with Crippen molar-refractivity contribution in [3.63, 3.8) is 0 Å². The Morgan fingerprint density at radius 2 is 2.23 bits per heavy atom. The van der Waals surface area contributed by atoms with E-state index >= 15 is 0 Å². The summed E-state index contributed by atoms with van der Waals surface area (Å²) >= 11 is 3.46. The number of hydrogen-bond donors (Lipinski definition) is 1. The molecule has 0 aromatic carbocycles. The second-order valence-electron chi connectivity index (χ2n) is 4.58. The SMILES string of the molecule is O=C(N/N=C/c1cc(Br)c(N2CCOCC2)o1)c1ccco1. The molecule has 1 fully saturated rings. The van der Waals surface area contributed by atoms with E-state index in [0.29, 0.717) is 19.0 Å². The van der Waals surface area contributed by atoms with Crippen LogP contribution in [0.15, 0.2) is 42.9 Å². The van der Waals surface area contributed by atoms with Crippen LogP contribution in [0.2, 0.25) is 0 Å². The molecule has 7 nitrogen and oxygen atoms in total. The Morgan fingerprint density at radius 1 is 1.41 bits per heavy atom. The van der Waals surface area contributed by atoms with E-state index in [4.69, 9.17) is 13.6 Å². The lowest BCUT2D eigenvalue weighted by Gasteiger charge is -2.26. The van der Waals surface area contributed by atoms with Crippen LogP contribution in [0, 0.1) is 0 Å². The van der Waals surface area contributed by atoms with Gasteiger partial charge in [-0.2, -0.15) is 5.10 Å². The number of carbonyl (C=O) groups is 1. The van der Waals surface area contributed by atoms with Gasteiger partial charge in [-0.3, -0.25) is 4.79 Å². The van der Waals surface area contributed by atoms with Gasteiger partial charge in [0, 0.05) is 19.2 Å². The van der Waals surface area contributed by atoms with Crippen LogP contribution in [0.5, 0.6) is 0 Å². The minimum absolute atomic E-state index is 0.201. The Labute approximate surface area is 135 Å². The molecule has 2 aromatic heterocycles. The number of ether oxygens (including phenoxy) is 1. The normalized spacial score (nSPS) is 15.4. The van der Waals surface area contributed by atoms with Gasteiger partial charge >= 0.3 is 5.91 Å². The van der Waals surface area contributed by atoms with Crippen LogP contribution >= 0.6 is 15.9 Å². The lowest BCUT2D eigenvalue weighted by molar-refractivity contribution is 0.0927. The molecule has 1 amide bonds. The van der Waals surface area contributed by atoms with Gasteiger partial charge in [-0.15, -0.1) is 0 Å². The van der Waals surface area contributed by atoms with Gasteiger partial charge in [0.25, 0.3) is 0 Å². The second-order valence-corrected chi connectivity index (χ2v) is 5.43. The van der Waals surface area contributed by atoms with Crippen LogP contribution in [-0.2, 0) is 4.74 Å². The number of halogens is 1. The maximum atomic E-state index is 11.6. The third-order valence-electron chi connectivity index (χ3n) is 3.09. The molecule has 22 heavy (non-hydrogen) atoms. The number of nitrogens with zero attached hydrogens (tertiary/aromatic N) is 2. The highest BCUT2D eigenvalue weighted by Crippen LogP contribution is 2.30. The molecule has 0 unspecified atom stereocenters. The fourth-order valence-electron chi connectivity index (χ4n) is 2.04. The Hall–Kier alpha value is -2.06. The molecular weight excluding hydrogens is 354 g/mol. The van der Waals surface area contributed by atoms with E-state index in [0.717, 1.165) is 23.4 Å². The number of hydrogen-bond acceptors (Lipinski definition) is 6. The predicted molar refractivity (Wildman–Crippen MR) is 83.2 cm³/mol. The summed E-state index contributed by atoms with van der Waals surface area (Å²) in [6, 6.07) is 5.00. The van der Waals surface area contributed by atoms with E-state index in [-0.39, 0.29) is 5.76 Å². The van der Waals surface area contributed by atoms with Gasteiger partial charge in [0.1, 0.15) is 0 Å². The highest BCUT2D eigenvalue weighted by atomic mass is 79.9. The fraction of sp³-hybridized carbons (Fsp3) is 0.286. The van der Waals surface area contributed by atoms with Crippen LogP contribution < -0.4 is 10.3 Å². The molecule has 0 radical (unpaired) electrons. The molecular formula is C14H14BrN3O4. The fourth-order valence-corrected chi connectivity index (χ4v) is 2.60. The summed E-state index contributed by atoms with van der Waals surface area (Å²) < 4.78 is 16.8. The molecule has 1 aliphatic heterocycles. The van der Waals surface area contributed by atoms with E-state index < -0.39 is 5.91 Å². The molecule has 0 saturated carbocycles. The number of nitrogens with one attached hydrogen (secondary N) is 1. The van der Waals surface area contributed by atoms with Crippen molar-refractivity contribution < 1.29 is 18.4 Å². The van der Waals surface area contributed by atoms with Crippen LogP contribution in [0.4, 0.5) is 5.88 Å². The van der Waals surface area contributed by atoms with Gasteiger partial charge in [-0.05, 0) is 28.1 Å². The van der Waals surface area contributed by atoms with Crippen molar-refractivity contribution in [1.29, 1.82) is 0 Å². The molecule has 1 N–H and O–H groups in total. The molecule has 2 aromatic rings. The molecule has 0 atom stereocenters. The quantitative estimate of drug-likeness (QED) is 0.661. The highest BCUT2D eigenvalue weighted by Gasteiger charge is 2.18. The molecule has 8 heteroatoms. The highest BCUT2D eigenvalue weighted by molar-refractivity contribution is 9.10. The summed E-state index contributed by atoms with van der Waals surface area (Å²) in [5, 5.41) is 3.85. The lowest BCUT2D eigenvalue weighted by Crippen LogP contribution is -2.36. The second kappa shape index (κ2) is 6.80. The monoisotopic (exact) mass is 367 g/mol. The summed E-state index contributed by atoms with van der Waals surface area (Å²) in [6.07, 6.45) is 2.87. The zero-order chi connectivity index (χ0) is 15.4. The van der Waals surface area contributed by atoms with Crippen LogP contribution in [0.25, 0.3) is 0 Å². The molecule has 3 rings (SSSR count). The molecule has 0 bridgehead atoms. The van der Waals surface area contributed by atoms with Crippen molar-refractivity contribution in [2.45, 2.75) is 0 Å². The Kier molecular flexibility index (Phi) is 4.59. The van der Waals surface area contributed by atoms with Gasteiger partial charge in [0.15, 0.2) is 11.5 Å². The van der Waals surface area contributed by atoms with Crippen LogP contribution in [-0.4, -0.2) is 38.4 Å². The molecule has 0 aliphatic carbocycles. The number of morpholine rings is 1. The van der Waals surface area contributed by atoms with Crippen molar-refractivity contribution in [3.05, 3.63) is 40.5 Å². The zero-order valence-corrected chi connectivity index (χ0v) is 13.2. The van der Waals surface area contributed by atoms with E-state index in [1.807, 2.05) is 0 Å². The molecule has 1 saturated heterocycles. The Morgan fingerprint density at radius 3 is 2.95 bits per heavy atom. The van der Waals surface area contributed by atoms with Gasteiger partial charge in [-0.25, -0.2) is 5.43 Å². The topological polar surface area (TPSA) is 80.2 Å². The van der Waals surface area contributed by atoms with E-state index in [2.05, 4.69) is 31.4 Å². The maximum absolute atomic E-state index is 11.6. The number of carbonyl (C=O) groups excluding carboxylic acids is 1. The number of hydrazone groups is 1. The summed E-state index contributed by atoms with van der Waals surface area (Å²) in [7, 11) is 0. The van der Waals surface area contributed by atoms with E-state index in [9.17, 15) is 4.79 Å². The minimum Gasteiger partial charge on any atom is -0.459 e. The number of rotatable bonds is 4. The first kappa shape index (κ1) is 14.9. The Balaban J connectivity index is 1.63. The maximum Gasteiger partial charge on any atom is 0.307 e. The van der Waals surface area contributed by atoms with Crippen LogP contribution in [0.3, 0.4) is 0 Å². The van der Waals surface area contributed by atoms with E-state index in [1.54, 1.807) is 18.2 Å². The molecule has 1 aliphatic rings. The van der Waals surface area contributed by atoms with Gasteiger partial charge in [0.05, 0.1) is 30.2 Å². The standard InChI is InChI=1S/C14H14BrN3O4/c15-11-8-10(22-14(11)18-3-6-20-7-4-18)9-16-17-13(19)12-2-1-5-21-12/h1-2,5,8-9H,3-4,6-7H2,(H,17,19)/b16-9+. The first-order valence-electron chi connectivity index (χ1n) is 6.73. The largest absolute Gasteiger partial charge is 0.459 e. The van der Waals surface area contributed by atoms with Crippen molar-refractivity contribution >= 4 is 33.9 Å². The number of amides is 1. The van der Waals surface area contributed by atoms with Crippen LogP contribution in [0.1, 0.15) is 16.3 Å². The zero-order valence-electron chi connectivity index (χ0n) is 11.6. The minimum atomic E-state index is -0.416. The third-order valence-corrected chi connectivity index (χ3v) is 3.66. The predicted octanol–water partition coefficient (Wildman–Crippen LogP) is 2.24. The molecule has 0 spiro atoms. The summed E-state index contributed by atoms with van der Waals surface area (Å²) in [5.74, 6) is 1.06. The Bertz CT molecular complexity index is 660.